The van der Waals surface area contributed by atoms with Crippen LogP contribution >= 0.6 is 0 Å². The van der Waals surface area contributed by atoms with Crippen LogP contribution in [0.4, 0.5) is 0 Å². The highest BCUT2D eigenvalue weighted by atomic mass is 28.4. The van der Waals surface area contributed by atoms with E-state index in [-0.39, 0.29) is 35.9 Å². The standard InChI is InChI=1S/C22H48O4Si2/c1-15(2)28(16(3)4,17(5)6)24-14-20(19(13-23)21-18(7)25-21)26-27(11,12)22(8,9)10/h15-21,23H,13-14H2,1-12H3/t18-,19-,20-,21+/m0/s1. The van der Waals surface area contributed by atoms with Crippen LogP contribution in [0.1, 0.15) is 69.2 Å². The van der Waals surface area contributed by atoms with Gasteiger partial charge < -0.3 is 18.7 Å². The molecule has 1 aliphatic heterocycles. The number of epoxide rings is 1. The van der Waals surface area contributed by atoms with Gasteiger partial charge in [0.15, 0.2) is 16.6 Å². The van der Waals surface area contributed by atoms with Gasteiger partial charge in [-0.1, -0.05) is 62.3 Å². The number of aliphatic hydroxyl groups is 1. The van der Waals surface area contributed by atoms with Gasteiger partial charge in [0.1, 0.15) is 0 Å². The van der Waals surface area contributed by atoms with Crippen molar-refractivity contribution in [2.75, 3.05) is 13.2 Å². The molecule has 0 aromatic heterocycles. The minimum atomic E-state index is -2.00. The summed E-state index contributed by atoms with van der Waals surface area (Å²) in [5, 5.41) is 10.3. The van der Waals surface area contributed by atoms with Crippen molar-refractivity contribution in [3.63, 3.8) is 0 Å². The van der Waals surface area contributed by atoms with Gasteiger partial charge in [-0.05, 0) is 41.7 Å². The lowest BCUT2D eigenvalue weighted by atomic mass is 9.98. The van der Waals surface area contributed by atoms with Crippen LogP contribution in [0.5, 0.6) is 0 Å². The van der Waals surface area contributed by atoms with Crippen LogP contribution in [0.15, 0.2) is 0 Å². The van der Waals surface area contributed by atoms with Gasteiger partial charge in [0.05, 0.1) is 31.5 Å². The Hall–Kier alpha value is 0.274. The number of hydrogen-bond donors (Lipinski definition) is 1. The third kappa shape index (κ3) is 5.70. The van der Waals surface area contributed by atoms with Gasteiger partial charge in [-0.2, -0.15) is 0 Å². The van der Waals surface area contributed by atoms with E-state index >= 15 is 0 Å². The molecule has 0 aromatic carbocycles. The summed E-state index contributed by atoms with van der Waals surface area (Å²) in [6, 6.07) is 0. The smallest absolute Gasteiger partial charge is 0.200 e. The van der Waals surface area contributed by atoms with Crippen LogP contribution in [-0.2, 0) is 13.6 Å². The summed E-state index contributed by atoms with van der Waals surface area (Å²) in [6.07, 6.45) is 0.158. The zero-order valence-electron chi connectivity index (χ0n) is 20.6. The fourth-order valence-corrected chi connectivity index (χ4v) is 11.4. The minimum absolute atomic E-state index is 0.0256. The summed E-state index contributed by atoms with van der Waals surface area (Å²) in [5.74, 6) is -0.0256. The van der Waals surface area contributed by atoms with Crippen molar-refractivity contribution in [2.24, 2.45) is 5.92 Å². The van der Waals surface area contributed by atoms with Gasteiger partial charge in [0.25, 0.3) is 0 Å². The van der Waals surface area contributed by atoms with Crippen molar-refractivity contribution in [2.45, 2.75) is 122 Å². The second-order valence-electron chi connectivity index (χ2n) is 11.2. The first-order valence-electron chi connectivity index (χ1n) is 11.2. The molecule has 1 rings (SSSR count). The highest BCUT2D eigenvalue weighted by molar-refractivity contribution is 6.77. The first-order chi connectivity index (χ1) is 12.6. The number of ether oxygens (including phenoxy) is 1. The molecule has 4 atom stereocenters. The highest BCUT2D eigenvalue weighted by Gasteiger charge is 2.50. The van der Waals surface area contributed by atoms with Crippen molar-refractivity contribution in [1.29, 1.82) is 0 Å². The van der Waals surface area contributed by atoms with Gasteiger partial charge >= 0.3 is 0 Å². The summed E-state index contributed by atoms with van der Waals surface area (Å²) in [6.45, 7) is 27.9. The average Bonchev–Trinajstić information content (AvgIpc) is 3.22. The van der Waals surface area contributed by atoms with E-state index in [0.29, 0.717) is 23.2 Å². The Balaban J connectivity index is 3.14. The Morgan fingerprint density at radius 1 is 0.964 bits per heavy atom. The molecule has 0 bridgehead atoms. The molecule has 1 fully saturated rings. The van der Waals surface area contributed by atoms with Crippen LogP contribution in [0, 0.1) is 5.92 Å². The largest absolute Gasteiger partial charge is 0.413 e. The van der Waals surface area contributed by atoms with E-state index in [9.17, 15) is 5.11 Å². The fraction of sp³-hybridized carbons (Fsp3) is 1.00. The van der Waals surface area contributed by atoms with E-state index in [1.807, 2.05) is 0 Å². The first kappa shape index (κ1) is 26.3. The normalized spacial score (nSPS) is 23.6. The lowest BCUT2D eigenvalue weighted by Gasteiger charge is -2.45. The van der Waals surface area contributed by atoms with Crippen LogP contribution in [-0.4, -0.2) is 53.3 Å². The molecule has 4 nitrogen and oxygen atoms in total. The van der Waals surface area contributed by atoms with Gasteiger partial charge in [-0.3, -0.25) is 0 Å². The Kier molecular flexibility index (Phi) is 9.02. The molecule has 0 aromatic rings. The predicted molar refractivity (Wildman–Crippen MR) is 124 cm³/mol. The van der Waals surface area contributed by atoms with E-state index in [4.69, 9.17) is 13.6 Å². The van der Waals surface area contributed by atoms with Gasteiger partial charge in [0, 0.05) is 5.92 Å². The molecule has 0 spiro atoms. The van der Waals surface area contributed by atoms with E-state index < -0.39 is 16.6 Å². The summed E-state index contributed by atoms with van der Waals surface area (Å²) >= 11 is 0. The number of hydrogen-bond acceptors (Lipinski definition) is 4. The molecule has 6 heteroatoms. The molecule has 1 aliphatic rings. The van der Waals surface area contributed by atoms with Crippen molar-refractivity contribution in [3.05, 3.63) is 0 Å². The van der Waals surface area contributed by atoms with E-state index in [1.165, 1.54) is 0 Å². The quantitative estimate of drug-likeness (QED) is 0.323. The monoisotopic (exact) mass is 432 g/mol. The number of aliphatic hydroxyl groups excluding tert-OH is 1. The first-order valence-corrected chi connectivity index (χ1v) is 16.2. The van der Waals surface area contributed by atoms with E-state index in [0.717, 1.165) is 0 Å². The fourth-order valence-electron chi connectivity index (χ4n) is 4.61. The molecule has 1 N–H and O–H groups in total. The van der Waals surface area contributed by atoms with E-state index in [1.54, 1.807) is 0 Å². The summed E-state index contributed by atoms with van der Waals surface area (Å²) < 4.78 is 19.5. The topological polar surface area (TPSA) is 51.2 Å². The SMILES string of the molecule is CC(C)[Si](OC[C@H](O[Si](C)(C)C(C)(C)C)[C@H](CO)[C@@H]1O[C@H]1C)(C(C)C)C(C)C. The summed E-state index contributed by atoms with van der Waals surface area (Å²) in [7, 11) is -3.98. The Labute approximate surface area is 177 Å². The Morgan fingerprint density at radius 2 is 1.39 bits per heavy atom. The molecule has 28 heavy (non-hydrogen) atoms. The maximum absolute atomic E-state index is 10.2. The zero-order chi connectivity index (χ0) is 22.1. The van der Waals surface area contributed by atoms with Crippen molar-refractivity contribution < 1.29 is 18.7 Å². The van der Waals surface area contributed by atoms with Gasteiger partial charge in [-0.15, -0.1) is 0 Å². The van der Waals surface area contributed by atoms with Crippen molar-refractivity contribution in [3.8, 4) is 0 Å². The molecule has 0 aliphatic carbocycles. The lowest BCUT2D eigenvalue weighted by Crippen LogP contribution is -2.53. The minimum Gasteiger partial charge on any atom is -0.413 e. The number of rotatable bonds is 11. The third-order valence-corrected chi connectivity index (χ3v) is 17.9. The van der Waals surface area contributed by atoms with Crippen LogP contribution < -0.4 is 0 Å². The summed E-state index contributed by atoms with van der Waals surface area (Å²) in [5.41, 5.74) is 1.60. The highest BCUT2D eigenvalue weighted by Crippen LogP contribution is 2.44. The van der Waals surface area contributed by atoms with Crippen LogP contribution in [0.25, 0.3) is 0 Å². The molecule has 0 unspecified atom stereocenters. The van der Waals surface area contributed by atoms with Crippen LogP contribution in [0.2, 0.25) is 34.8 Å². The van der Waals surface area contributed by atoms with Crippen LogP contribution in [0.3, 0.4) is 0 Å². The van der Waals surface area contributed by atoms with Gasteiger partial charge in [-0.25, -0.2) is 0 Å². The Bertz CT molecular complexity index is 464. The second kappa shape index (κ2) is 9.60. The molecular weight excluding hydrogens is 384 g/mol. The third-order valence-electron chi connectivity index (χ3n) is 7.33. The molecule has 168 valence electrons. The van der Waals surface area contributed by atoms with Crippen molar-refractivity contribution in [1.82, 2.24) is 0 Å². The second-order valence-corrected chi connectivity index (χ2v) is 21.4. The van der Waals surface area contributed by atoms with Crippen molar-refractivity contribution >= 4 is 16.6 Å². The molecule has 1 heterocycles. The molecule has 0 amide bonds. The lowest BCUT2D eigenvalue weighted by molar-refractivity contribution is 0.0212. The van der Waals surface area contributed by atoms with Gasteiger partial charge in [0.2, 0.25) is 0 Å². The maximum atomic E-state index is 10.2. The molecular formula is C22H48O4Si2. The average molecular weight is 433 g/mol. The maximum Gasteiger partial charge on any atom is 0.200 e. The van der Waals surface area contributed by atoms with E-state index in [2.05, 4.69) is 82.3 Å². The predicted octanol–water partition coefficient (Wildman–Crippen LogP) is 5.96. The Morgan fingerprint density at radius 3 is 1.68 bits per heavy atom. The zero-order valence-corrected chi connectivity index (χ0v) is 22.6. The molecule has 0 saturated carbocycles. The summed E-state index contributed by atoms with van der Waals surface area (Å²) in [4.78, 5) is 0. The molecule has 1 saturated heterocycles. The molecule has 0 radical (unpaired) electrons.